The lowest BCUT2D eigenvalue weighted by molar-refractivity contribution is 0.0593. The Morgan fingerprint density at radius 2 is 1.77 bits per heavy atom. The van der Waals surface area contributed by atoms with Crippen molar-refractivity contribution in [1.82, 2.24) is 0 Å². The highest BCUT2D eigenvalue weighted by Crippen LogP contribution is 2.21. The summed E-state index contributed by atoms with van der Waals surface area (Å²) in [6.07, 6.45) is 0.807. The number of hydrogen-bond acceptors (Lipinski definition) is 6. The van der Waals surface area contributed by atoms with Crippen molar-refractivity contribution in [2.24, 2.45) is 0 Å². The molecule has 0 fully saturated rings. The summed E-state index contributed by atoms with van der Waals surface area (Å²) in [4.78, 5) is 36.4. The molecule has 0 unspecified atom stereocenters. The van der Waals surface area contributed by atoms with Gasteiger partial charge in [-0.25, -0.2) is 14.4 Å². The number of para-hydroxylation sites is 1. The van der Waals surface area contributed by atoms with E-state index in [4.69, 9.17) is 9.15 Å². The van der Waals surface area contributed by atoms with Gasteiger partial charge in [0.1, 0.15) is 22.5 Å². The molecule has 0 aliphatic rings. The van der Waals surface area contributed by atoms with Crippen LogP contribution in [0.25, 0.3) is 11.0 Å². The number of aryl methyl sites for hydroxylation is 1. The summed E-state index contributed by atoms with van der Waals surface area (Å²) in [6, 6.07) is 13.0. The number of carbonyl (C=O) groups is 2. The number of ether oxygens (including phenoxy) is 2. The highest BCUT2D eigenvalue weighted by atomic mass is 16.5. The lowest BCUT2D eigenvalue weighted by Crippen LogP contribution is -2.19. The number of rotatable bonds is 4. The molecule has 1 aromatic heterocycles. The molecule has 0 aliphatic carbocycles. The van der Waals surface area contributed by atoms with Gasteiger partial charge in [0, 0.05) is 5.39 Å². The fourth-order valence-electron chi connectivity index (χ4n) is 2.52. The SMILES string of the molecule is CCc1ccc2oc(=O)c(C(=O)Oc3ccccc3C(=O)OC)cc2c1. The van der Waals surface area contributed by atoms with E-state index in [0.29, 0.717) is 11.0 Å². The molecule has 3 rings (SSSR count). The third-order valence-corrected chi connectivity index (χ3v) is 3.92. The average molecular weight is 352 g/mol. The molecule has 0 N–H and O–H groups in total. The minimum atomic E-state index is -0.904. The van der Waals surface area contributed by atoms with Crippen molar-refractivity contribution in [1.29, 1.82) is 0 Å². The smallest absolute Gasteiger partial charge is 0.351 e. The normalized spacial score (nSPS) is 10.5. The van der Waals surface area contributed by atoms with Crippen LogP contribution in [0.4, 0.5) is 0 Å². The Morgan fingerprint density at radius 3 is 2.50 bits per heavy atom. The maximum Gasteiger partial charge on any atom is 0.351 e. The van der Waals surface area contributed by atoms with Gasteiger partial charge in [0.25, 0.3) is 0 Å². The minimum Gasteiger partial charge on any atom is -0.465 e. The third-order valence-electron chi connectivity index (χ3n) is 3.92. The summed E-state index contributed by atoms with van der Waals surface area (Å²) in [7, 11) is 1.23. The molecule has 0 amide bonds. The van der Waals surface area contributed by atoms with E-state index in [1.165, 1.54) is 25.3 Å². The van der Waals surface area contributed by atoms with Crippen LogP contribution >= 0.6 is 0 Å². The van der Waals surface area contributed by atoms with Gasteiger partial charge in [-0.2, -0.15) is 0 Å². The molecular formula is C20H16O6. The van der Waals surface area contributed by atoms with Crippen molar-refractivity contribution in [3.8, 4) is 5.75 Å². The van der Waals surface area contributed by atoms with Gasteiger partial charge in [0.2, 0.25) is 0 Å². The third kappa shape index (κ3) is 3.35. The van der Waals surface area contributed by atoms with E-state index in [9.17, 15) is 14.4 Å². The molecule has 0 radical (unpaired) electrons. The van der Waals surface area contributed by atoms with Crippen molar-refractivity contribution in [2.45, 2.75) is 13.3 Å². The fourth-order valence-corrected chi connectivity index (χ4v) is 2.52. The predicted molar refractivity (Wildman–Crippen MR) is 94.6 cm³/mol. The summed E-state index contributed by atoms with van der Waals surface area (Å²) < 4.78 is 15.1. The van der Waals surface area contributed by atoms with Crippen molar-refractivity contribution in [2.75, 3.05) is 7.11 Å². The van der Waals surface area contributed by atoms with Crippen LogP contribution in [0.3, 0.4) is 0 Å². The topological polar surface area (TPSA) is 82.8 Å². The van der Waals surface area contributed by atoms with Gasteiger partial charge in [-0.3, -0.25) is 0 Å². The number of carbonyl (C=O) groups excluding carboxylic acids is 2. The van der Waals surface area contributed by atoms with Gasteiger partial charge in [-0.05, 0) is 42.3 Å². The summed E-state index contributed by atoms with van der Waals surface area (Å²) in [5, 5.41) is 0.622. The molecule has 26 heavy (non-hydrogen) atoms. The first-order valence-electron chi connectivity index (χ1n) is 7.99. The predicted octanol–water partition coefficient (Wildman–Crippen LogP) is 3.36. The Kier molecular flexibility index (Phi) is 4.84. The Bertz CT molecular complexity index is 1050. The van der Waals surface area contributed by atoms with Gasteiger partial charge in [0.15, 0.2) is 0 Å². The van der Waals surface area contributed by atoms with Crippen LogP contribution in [0.15, 0.2) is 57.7 Å². The van der Waals surface area contributed by atoms with Crippen LogP contribution in [0.1, 0.15) is 33.2 Å². The second-order valence-corrected chi connectivity index (χ2v) is 5.55. The van der Waals surface area contributed by atoms with E-state index in [2.05, 4.69) is 4.74 Å². The van der Waals surface area contributed by atoms with Crippen LogP contribution in [0.5, 0.6) is 5.75 Å². The van der Waals surface area contributed by atoms with Gasteiger partial charge < -0.3 is 13.9 Å². The average Bonchev–Trinajstić information content (AvgIpc) is 2.66. The number of benzene rings is 2. The number of hydrogen-bond donors (Lipinski definition) is 0. The van der Waals surface area contributed by atoms with Crippen LogP contribution < -0.4 is 10.4 Å². The molecule has 0 spiro atoms. The molecule has 1 heterocycles. The van der Waals surface area contributed by atoms with Gasteiger partial charge in [-0.1, -0.05) is 25.1 Å². The van der Waals surface area contributed by atoms with Crippen LogP contribution in [0, 0.1) is 0 Å². The molecule has 2 aromatic carbocycles. The quantitative estimate of drug-likeness (QED) is 0.407. The molecule has 0 bridgehead atoms. The lowest BCUT2D eigenvalue weighted by Gasteiger charge is -2.08. The van der Waals surface area contributed by atoms with Gasteiger partial charge in [-0.15, -0.1) is 0 Å². The van der Waals surface area contributed by atoms with Crippen molar-refractivity contribution < 1.29 is 23.5 Å². The monoisotopic (exact) mass is 352 g/mol. The Hall–Kier alpha value is -3.41. The molecule has 132 valence electrons. The van der Waals surface area contributed by atoms with Crippen LogP contribution in [-0.4, -0.2) is 19.0 Å². The second kappa shape index (κ2) is 7.23. The highest BCUT2D eigenvalue weighted by molar-refractivity contribution is 5.97. The van der Waals surface area contributed by atoms with E-state index >= 15 is 0 Å². The lowest BCUT2D eigenvalue weighted by atomic mass is 10.1. The Balaban J connectivity index is 1.99. The molecule has 0 saturated carbocycles. The van der Waals surface area contributed by atoms with Crippen LogP contribution in [-0.2, 0) is 11.2 Å². The molecule has 0 atom stereocenters. The van der Waals surface area contributed by atoms with Crippen LogP contribution in [0.2, 0.25) is 0 Å². The Morgan fingerprint density at radius 1 is 1.00 bits per heavy atom. The van der Waals surface area contributed by atoms with E-state index in [-0.39, 0.29) is 16.9 Å². The second-order valence-electron chi connectivity index (χ2n) is 5.55. The zero-order valence-corrected chi connectivity index (χ0v) is 14.3. The summed E-state index contributed by atoms with van der Waals surface area (Å²) >= 11 is 0. The first kappa shape index (κ1) is 17.4. The van der Waals surface area contributed by atoms with Gasteiger partial charge in [0.05, 0.1) is 7.11 Å². The van der Waals surface area contributed by atoms with Crippen molar-refractivity contribution in [3.63, 3.8) is 0 Å². The summed E-state index contributed by atoms with van der Waals surface area (Å²) in [5.74, 6) is -1.54. The highest BCUT2D eigenvalue weighted by Gasteiger charge is 2.20. The zero-order chi connectivity index (χ0) is 18.7. The number of methoxy groups -OCH3 is 1. The van der Waals surface area contributed by atoms with Crippen molar-refractivity contribution >= 4 is 22.9 Å². The molecule has 3 aromatic rings. The first-order chi connectivity index (χ1) is 12.5. The Labute approximate surface area is 149 Å². The van der Waals surface area contributed by atoms with E-state index in [0.717, 1.165) is 12.0 Å². The summed E-state index contributed by atoms with van der Waals surface area (Å²) in [5.41, 5.74) is 0.468. The standard InChI is InChI=1S/C20H16O6/c1-3-12-8-9-16-13(10-12)11-15(19(22)25-16)20(23)26-17-7-5-4-6-14(17)18(21)24-2/h4-11H,3H2,1-2H3. The fraction of sp³-hybridized carbons (Fsp3) is 0.150. The van der Waals surface area contributed by atoms with Crippen molar-refractivity contribution in [3.05, 3.63) is 75.6 Å². The molecular weight excluding hydrogens is 336 g/mol. The van der Waals surface area contributed by atoms with E-state index < -0.39 is 17.6 Å². The molecule has 6 heteroatoms. The summed E-state index contributed by atoms with van der Waals surface area (Å²) in [6.45, 7) is 2.00. The molecule has 0 saturated heterocycles. The zero-order valence-electron chi connectivity index (χ0n) is 14.3. The number of fused-ring (bicyclic) bond motifs is 1. The maximum absolute atomic E-state index is 12.5. The largest absolute Gasteiger partial charge is 0.465 e. The minimum absolute atomic E-state index is 0.00570. The van der Waals surface area contributed by atoms with E-state index in [1.807, 2.05) is 19.1 Å². The number of esters is 2. The maximum atomic E-state index is 12.5. The first-order valence-corrected chi connectivity index (χ1v) is 7.99. The molecule has 6 nitrogen and oxygen atoms in total. The molecule has 0 aliphatic heterocycles. The van der Waals surface area contributed by atoms with Gasteiger partial charge >= 0.3 is 17.6 Å². The van der Waals surface area contributed by atoms with E-state index in [1.54, 1.807) is 18.2 Å².